The SMILES string of the molecule is CC[Te][Te]CC1CS1. The van der Waals surface area contributed by atoms with Gasteiger partial charge in [-0.3, -0.25) is 0 Å². The third-order valence-electron chi connectivity index (χ3n) is 0.857. The predicted octanol–water partition coefficient (Wildman–Crippen LogP) is 1.28. The Kier molecular flexibility index (Phi) is 4.72. The summed E-state index contributed by atoms with van der Waals surface area (Å²) in [6.07, 6.45) is 0. The fourth-order valence-electron chi connectivity index (χ4n) is 0.372. The molecule has 1 aliphatic heterocycles. The molecule has 0 aliphatic carbocycles. The van der Waals surface area contributed by atoms with Crippen LogP contribution in [0.25, 0.3) is 0 Å². The predicted molar refractivity (Wildman–Crippen MR) is 43.0 cm³/mol. The van der Waals surface area contributed by atoms with Gasteiger partial charge in [0.2, 0.25) is 0 Å². The average molecular weight is 357 g/mol. The third-order valence-corrected chi connectivity index (χ3v) is 15.5. The van der Waals surface area contributed by atoms with Gasteiger partial charge in [0.15, 0.2) is 0 Å². The van der Waals surface area contributed by atoms with Crippen LogP contribution in [0.4, 0.5) is 0 Å². The summed E-state index contributed by atoms with van der Waals surface area (Å²) in [6, 6.07) is 0. The van der Waals surface area contributed by atoms with E-state index >= 15 is 0 Å². The zero-order valence-electron chi connectivity index (χ0n) is 4.92. The Labute approximate surface area is 71.9 Å². The molecule has 48 valence electrons. The fourth-order valence-corrected chi connectivity index (χ4v) is 14.0. The fraction of sp³-hybridized carbons (Fsp3) is 1.00. The number of thioether (sulfide) groups is 1. The van der Waals surface area contributed by atoms with Gasteiger partial charge in [0.1, 0.15) is 0 Å². The molecule has 1 fully saturated rings. The van der Waals surface area contributed by atoms with Crippen molar-refractivity contribution in [1.29, 1.82) is 0 Å². The molecule has 0 radical (unpaired) electrons. The molecule has 0 saturated carbocycles. The monoisotopic (exact) mass is 362 g/mol. The van der Waals surface area contributed by atoms with Crippen molar-refractivity contribution < 1.29 is 0 Å². The maximum atomic E-state index is 2.35. The molecule has 0 spiro atoms. The van der Waals surface area contributed by atoms with Gasteiger partial charge in [0.25, 0.3) is 0 Å². The molecular formula is C5H10STe2. The molecule has 1 aliphatic rings. The van der Waals surface area contributed by atoms with Gasteiger partial charge >= 0.3 is 72.7 Å². The van der Waals surface area contributed by atoms with Gasteiger partial charge in [-0.2, -0.15) is 0 Å². The van der Waals surface area contributed by atoms with E-state index in [1.165, 1.54) is 5.75 Å². The van der Waals surface area contributed by atoms with Crippen molar-refractivity contribution in [3.63, 3.8) is 0 Å². The summed E-state index contributed by atoms with van der Waals surface area (Å²) in [5.74, 6) is 1.50. The minimum atomic E-state index is 0.602. The zero-order valence-corrected chi connectivity index (χ0v) is 10.4. The van der Waals surface area contributed by atoms with Gasteiger partial charge in [-0.05, 0) is 0 Å². The van der Waals surface area contributed by atoms with E-state index in [4.69, 9.17) is 0 Å². The Morgan fingerprint density at radius 2 is 2.38 bits per heavy atom. The van der Waals surface area contributed by atoms with Crippen LogP contribution in [0.2, 0.25) is 8.94 Å². The van der Waals surface area contributed by atoms with Crippen LogP contribution in [-0.2, 0) is 0 Å². The van der Waals surface area contributed by atoms with Crippen LogP contribution in [0.5, 0.6) is 0 Å². The molecule has 1 saturated heterocycles. The van der Waals surface area contributed by atoms with Gasteiger partial charge in [0, 0.05) is 0 Å². The van der Waals surface area contributed by atoms with Gasteiger partial charge < -0.3 is 0 Å². The molecule has 1 heterocycles. The number of hydrogen-bond acceptors (Lipinski definition) is 1. The number of hydrogen-bond donors (Lipinski definition) is 0. The molecule has 0 aromatic rings. The Bertz CT molecular complexity index is 63.4. The first-order valence-corrected chi connectivity index (χ1v) is 14.5. The Hall–Kier alpha value is 1.93. The first kappa shape index (κ1) is 8.03. The van der Waals surface area contributed by atoms with Crippen molar-refractivity contribution in [3.05, 3.63) is 0 Å². The van der Waals surface area contributed by atoms with Gasteiger partial charge in [-0.15, -0.1) is 0 Å². The van der Waals surface area contributed by atoms with Crippen LogP contribution >= 0.6 is 11.8 Å². The molecule has 0 aromatic heterocycles. The van der Waals surface area contributed by atoms with Crippen LogP contribution in [-0.4, -0.2) is 45.1 Å². The molecule has 3 heteroatoms. The summed E-state index contributed by atoms with van der Waals surface area (Å²) in [5, 5.41) is 1.16. The van der Waals surface area contributed by atoms with Crippen molar-refractivity contribution in [3.8, 4) is 0 Å². The summed E-state index contributed by atoms with van der Waals surface area (Å²) >= 11 is 3.38. The van der Waals surface area contributed by atoms with Crippen LogP contribution in [0.3, 0.4) is 0 Å². The van der Waals surface area contributed by atoms with E-state index in [1.807, 2.05) is 0 Å². The Balaban J connectivity index is 1.74. The first-order chi connectivity index (χ1) is 3.93. The van der Waals surface area contributed by atoms with Crippen LogP contribution in [0, 0.1) is 0 Å². The van der Waals surface area contributed by atoms with Gasteiger partial charge in [-0.1, -0.05) is 0 Å². The van der Waals surface area contributed by atoms with Crippen molar-refractivity contribution in [2.75, 3.05) is 5.75 Å². The van der Waals surface area contributed by atoms with E-state index in [0.29, 0.717) is 34.1 Å². The van der Waals surface area contributed by atoms with Crippen molar-refractivity contribution in [2.45, 2.75) is 21.1 Å². The molecule has 1 unspecified atom stereocenters. The molecule has 0 N–H and O–H groups in total. The van der Waals surface area contributed by atoms with Gasteiger partial charge in [-0.25, -0.2) is 0 Å². The summed E-state index contributed by atoms with van der Waals surface area (Å²) in [6.45, 7) is 2.35. The average Bonchev–Trinajstić information content (AvgIpc) is 2.51. The zero-order chi connectivity index (χ0) is 5.82. The van der Waals surface area contributed by atoms with Crippen molar-refractivity contribution >= 4 is 45.9 Å². The second kappa shape index (κ2) is 4.70. The topological polar surface area (TPSA) is 0 Å². The van der Waals surface area contributed by atoms with Crippen LogP contribution < -0.4 is 0 Å². The van der Waals surface area contributed by atoms with E-state index in [0.717, 1.165) is 5.25 Å². The first-order valence-electron chi connectivity index (χ1n) is 2.79. The molecule has 0 bridgehead atoms. The van der Waals surface area contributed by atoms with Gasteiger partial charge in [0.05, 0.1) is 0 Å². The van der Waals surface area contributed by atoms with Crippen LogP contribution in [0.15, 0.2) is 0 Å². The summed E-state index contributed by atoms with van der Waals surface area (Å²) in [7, 11) is 0. The number of rotatable bonds is 4. The van der Waals surface area contributed by atoms with Crippen LogP contribution in [0.1, 0.15) is 6.92 Å². The third kappa shape index (κ3) is 3.86. The minimum absolute atomic E-state index is 0.602. The molecule has 8 heavy (non-hydrogen) atoms. The van der Waals surface area contributed by atoms with E-state index in [-0.39, 0.29) is 0 Å². The molecule has 1 rings (SSSR count). The Morgan fingerprint density at radius 3 is 2.88 bits per heavy atom. The van der Waals surface area contributed by atoms with E-state index in [2.05, 4.69) is 18.7 Å². The summed E-state index contributed by atoms with van der Waals surface area (Å²) in [4.78, 5) is 0. The van der Waals surface area contributed by atoms with E-state index in [1.54, 1.807) is 8.94 Å². The van der Waals surface area contributed by atoms with Crippen molar-refractivity contribution in [2.24, 2.45) is 0 Å². The Morgan fingerprint density at radius 1 is 1.62 bits per heavy atom. The molecule has 0 amide bonds. The second-order valence-corrected chi connectivity index (χ2v) is 15.9. The second-order valence-electron chi connectivity index (χ2n) is 1.65. The van der Waals surface area contributed by atoms with E-state index < -0.39 is 0 Å². The normalized spacial score (nSPS) is 25.9. The maximum absolute atomic E-state index is 2.35. The standard InChI is InChI=1S/C5H10STe2/c1-2-7-8-4-5-3-6-5/h5H,2-4H2,1H3. The van der Waals surface area contributed by atoms with E-state index in [9.17, 15) is 0 Å². The van der Waals surface area contributed by atoms with Crippen molar-refractivity contribution in [1.82, 2.24) is 0 Å². The molecular weight excluding hydrogens is 347 g/mol. The quantitative estimate of drug-likeness (QED) is 0.415. The molecule has 0 aromatic carbocycles. The summed E-state index contributed by atoms with van der Waals surface area (Å²) in [5.41, 5.74) is 0. The molecule has 0 nitrogen and oxygen atoms in total. The molecule has 1 atom stereocenters. The summed E-state index contributed by atoms with van der Waals surface area (Å²) < 4.78 is 3.23.